The third-order valence-electron chi connectivity index (χ3n) is 2.20. The zero-order chi connectivity index (χ0) is 13.8. The first kappa shape index (κ1) is 17.7. The lowest BCUT2D eigenvalue weighted by molar-refractivity contribution is -0.140. The predicted octanol–water partition coefficient (Wildman–Crippen LogP) is 2.34. The fourth-order valence-corrected chi connectivity index (χ4v) is 1.29. The van der Waals surface area contributed by atoms with Crippen LogP contribution in [0.1, 0.15) is 22.3 Å². The van der Waals surface area contributed by atoms with Crippen molar-refractivity contribution >= 4 is 18.3 Å². The number of benzene rings is 1. The summed E-state index contributed by atoms with van der Waals surface area (Å²) in [5.41, 5.74) is 3.52. The summed E-state index contributed by atoms with van der Waals surface area (Å²) in [5.74, 6) is -2.09. The van der Waals surface area contributed by atoms with E-state index in [2.05, 4.69) is 5.32 Å². The summed E-state index contributed by atoms with van der Waals surface area (Å²) in [7, 11) is 0. The lowest BCUT2D eigenvalue weighted by Crippen LogP contribution is -2.26. The Morgan fingerprint density at radius 1 is 1.32 bits per heavy atom. The number of rotatable bonds is 4. The van der Waals surface area contributed by atoms with Gasteiger partial charge in [0.1, 0.15) is 5.82 Å². The van der Waals surface area contributed by atoms with Crippen LogP contribution in [0.15, 0.2) is 18.2 Å². The van der Waals surface area contributed by atoms with Crippen molar-refractivity contribution < 1.29 is 22.4 Å². The molecule has 108 valence electrons. The average molecular weight is 301 g/mol. The topological polar surface area (TPSA) is 55.1 Å². The summed E-state index contributed by atoms with van der Waals surface area (Å²) >= 11 is 0. The van der Waals surface area contributed by atoms with Gasteiger partial charge in [-0.2, -0.15) is 13.2 Å². The molecule has 1 amide bonds. The molecule has 0 saturated carbocycles. The van der Waals surface area contributed by atoms with Crippen molar-refractivity contribution in [2.75, 3.05) is 13.1 Å². The molecule has 1 rings (SSSR count). The summed E-state index contributed by atoms with van der Waals surface area (Å²) < 4.78 is 50.2. The van der Waals surface area contributed by atoms with Gasteiger partial charge in [-0.1, -0.05) is 0 Å². The number of nitrogens with two attached hydrogens (primary N) is 1. The number of hydrogen-bond donors (Lipinski definition) is 2. The predicted molar refractivity (Wildman–Crippen MR) is 64.7 cm³/mol. The third-order valence-corrected chi connectivity index (χ3v) is 2.20. The number of amides is 1. The van der Waals surface area contributed by atoms with Gasteiger partial charge in [0, 0.05) is 12.1 Å². The van der Waals surface area contributed by atoms with Crippen LogP contribution in [0, 0.1) is 5.82 Å². The van der Waals surface area contributed by atoms with Gasteiger partial charge in [0.15, 0.2) is 0 Å². The molecule has 3 nitrogen and oxygen atoms in total. The molecule has 0 radical (unpaired) electrons. The second-order valence-electron chi connectivity index (χ2n) is 3.59. The quantitative estimate of drug-likeness (QED) is 0.662. The Balaban J connectivity index is 0.00000324. The molecule has 0 heterocycles. The fourth-order valence-electron chi connectivity index (χ4n) is 1.29. The van der Waals surface area contributed by atoms with E-state index in [0.717, 1.165) is 6.07 Å². The lowest BCUT2D eigenvalue weighted by atomic mass is 10.1. The number of halogens is 5. The average Bonchev–Trinajstić information content (AvgIpc) is 2.28. The largest absolute Gasteiger partial charge is 0.419 e. The minimum absolute atomic E-state index is 0. The number of carbonyl (C=O) groups excluding carboxylic acids is 1. The number of hydrogen-bond acceptors (Lipinski definition) is 2. The van der Waals surface area contributed by atoms with Gasteiger partial charge in [0.2, 0.25) is 0 Å². The van der Waals surface area contributed by atoms with E-state index in [1.54, 1.807) is 0 Å². The van der Waals surface area contributed by atoms with Crippen molar-refractivity contribution in [3.8, 4) is 0 Å². The minimum atomic E-state index is -4.82. The molecule has 8 heteroatoms. The first-order valence-corrected chi connectivity index (χ1v) is 5.21. The summed E-state index contributed by atoms with van der Waals surface area (Å²) in [5, 5.41) is 2.39. The Kier molecular flexibility index (Phi) is 6.78. The van der Waals surface area contributed by atoms with Gasteiger partial charge < -0.3 is 11.1 Å². The van der Waals surface area contributed by atoms with E-state index in [-0.39, 0.29) is 24.5 Å². The highest BCUT2D eigenvalue weighted by atomic mass is 35.5. The van der Waals surface area contributed by atoms with Crippen molar-refractivity contribution in [3.63, 3.8) is 0 Å². The van der Waals surface area contributed by atoms with Crippen LogP contribution in [0.25, 0.3) is 0 Å². The van der Waals surface area contributed by atoms with Gasteiger partial charge >= 0.3 is 6.18 Å². The maximum atomic E-state index is 13.0. The Morgan fingerprint density at radius 3 is 2.47 bits per heavy atom. The molecule has 0 atom stereocenters. The van der Waals surface area contributed by atoms with Crippen LogP contribution < -0.4 is 11.1 Å². The van der Waals surface area contributed by atoms with E-state index in [1.807, 2.05) is 0 Å². The molecular weight excluding hydrogens is 288 g/mol. The molecule has 0 aliphatic carbocycles. The van der Waals surface area contributed by atoms with Gasteiger partial charge in [-0.15, -0.1) is 12.4 Å². The standard InChI is InChI=1S/C11H12F4N2O.ClH/c12-9-3-2-7(6-8(9)11(13,14)15)10(18)17-5-1-4-16;/h2-3,6H,1,4-5,16H2,(H,17,18);1H. The Bertz CT molecular complexity index is 437. The summed E-state index contributed by atoms with van der Waals surface area (Å²) in [6.07, 6.45) is -4.31. The Morgan fingerprint density at radius 2 is 1.95 bits per heavy atom. The van der Waals surface area contributed by atoms with Gasteiger partial charge in [-0.05, 0) is 31.2 Å². The monoisotopic (exact) mass is 300 g/mol. The fraction of sp³-hybridized carbons (Fsp3) is 0.364. The normalized spacial score (nSPS) is 10.8. The number of alkyl halides is 3. The summed E-state index contributed by atoms with van der Waals surface area (Å²) in [6.45, 7) is 0.617. The van der Waals surface area contributed by atoms with Crippen LogP contribution in [0.2, 0.25) is 0 Å². The highest BCUT2D eigenvalue weighted by Crippen LogP contribution is 2.31. The van der Waals surface area contributed by atoms with Gasteiger partial charge in [0.25, 0.3) is 5.91 Å². The molecule has 0 saturated heterocycles. The molecule has 0 bridgehead atoms. The molecule has 0 spiro atoms. The summed E-state index contributed by atoms with van der Waals surface area (Å²) in [4.78, 5) is 11.5. The van der Waals surface area contributed by atoms with Crippen molar-refractivity contribution in [3.05, 3.63) is 35.1 Å². The molecule has 0 fully saturated rings. The molecule has 1 aromatic rings. The molecule has 0 aromatic heterocycles. The van der Waals surface area contributed by atoms with Crippen LogP contribution in [0.5, 0.6) is 0 Å². The van der Waals surface area contributed by atoms with Crippen LogP contribution in [0.3, 0.4) is 0 Å². The smallest absolute Gasteiger partial charge is 0.352 e. The van der Waals surface area contributed by atoms with Gasteiger partial charge in [-0.3, -0.25) is 4.79 Å². The first-order chi connectivity index (χ1) is 8.36. The molecule has 3 N–H and O–H groups in total. The molecular formula is C11H13ClF4N2O. The SMILES string of the molecule is Cl.NCCCNC(=O)c1ccc(F)c(C(F)(F)F)c1. The van der Waals surface area contributed by atoms with E-state index in [4.69, 9.17) is 5.73 Å². The van der Waals surface area contributed by atoms with E-state index in [1.165, 1.54) is 0 Å². The zero-order valence-corrected chi connectivity index (χ0v) is 10.6. The first-order valence-electron chi connectivity index (χ1n) is 5.21. The maximum absolute atomic E-state index is 13.0. The van der Waals surface area contributed by atoms with E-state index in [0.29, 0.717) is 25.1 Å². The number of carbonyl (C=O) groups is 1. The molecule has 19 heavy (non-hydrogen) atoms. The Labute approximate surface area is 113 Å². The van der Waals surface area contributed by atoms with Crippen LogP contribution in [-0.4, -0.2) is 19.0 Å². The van der Waals surface area contributed by atoms with Crippen molar-refractivity contribution in [2.24, 2.45) is 5.73 Å². The highest BCUT2D eigenvalue weighted by molar-refractivity contribution is 5.94. The maximum Gasteiger partial charge on any atom is 0.419 e. The van der Waals surface area contributed by atoms with E-state index >= 15 is 0 Å². The molecule has 0 unspecified atom stereocenters. The Hall–Kier alpha value is -1.34. The van der Waals surface area contributed by atoms with Crippen molar-refractivity contribution in [1.82, 2.24) is 5.32 Å². The molecule has 0 aliphatic heterocycles. The zero-order valence-electron chi connectivity index (χ0n) is 9.76. The summed E-state index contributed by atoms with van der Waals surface area (Å²) in [6, 6.07) is 2.12. The third kappa shape index (κ3) is 5.04. The van der Waals surface area contributed by atoms with Crippen LogP contribution in [-0.2, 0) is 6.18 Å². The molecule has 1 aromatic carbocycles. The lowest BCUT2D eigenvalue weighted by Gasteiger charge is -2.10. The second kappa shape index (κ2) is 7.30. The van der Waals surface area contributed by atoms with Crippen LogP contribution >= 0.6 is 12.4 Å². The van der Waals surface area contributed by atoms with Crippen molar-refractivity contribution in [1.29, 1.82) is 0 Å². The van der Waals surface area contributed by atoms with Gasteiger partial charge in [0.05, 0.1) is 5.56 Å². The van der Waals surface area contributed by atoms with E-state index < -0.39 is 23.5 Å². The van der Waals surface area contributed by atoms with Gasteiger partial charge in [-0.25, -0.2) is 4.39 Å². The van der Waals surface area contributed by atoms with E-state index in [9.17, 15) is 22.4 Å². The number of nitrogens with one attached hydrogen (secondary N) is 1. The van der Waals surface area contributed by atoms with Crippen LogP contribution in [0.4, 0.5) is 17.6 Å². The highest BCUT2D eigenvalue weighted by Gasteiger charge is 2.34. The second-order valence-corrected chi connectivity index (χ2v) is 3.59. The van der Waals surface area contributed by atoms with Crippen molar-refractivity contribution in [2.45, 2.75) is 12.6 Å². The minimum Gasteiger partial charge on any atom is -0.352 e. The molecule has 0 aliphatic rings.